The molecule has 6 nitrogen and oxygen atoms in total. The number of halogens is 3. The highest BCUT2D eigenvalue weighted by molar-refractivity contribution is 7.91. The summed E-state index contributed by atoms with van der Waals surface area (Å²) in [6.45, 7) is 9.16. The fraction of sp³-hybridized carbons (Fsp3) is 0.600. The molecule has 0 bridgehead atoms. The Morgan fingerprint density at radius 1 is 1.10 bits per heavy atom. The van der Waals surface area contributed by atoms with Crippen LogP contribution in [0.2, 0.25) is 0 Å². The summed E-state index contributed by atoms with van der Waals surface area (Å²) in [6, 6.07) is 8.31. The van der Waals surface area contributed by atoms with E-state index in [4.69, 9.17) is 4.98 Å². The molecular formula is C30H40F3N3O3S. The lowest BCUT2D eigenvalue weighted by atomic mass is 9.81. The van der Waals surface area contributed by atoms with Crippen LogP contribution >= 0.6 is 0 Å². The minimum Gasteiger partial charge on any atom is -0.345 e. The van der Waals surface area contributed by atoms with E-state index in [2.05, 4.69) is 24.1 Å². The standard InChI is InChI=1S/C30H40F3N3O3S/c1-5-26(21-9-13-25(14-10-21)40(38,39)6-2)35-29(37)22-15-23-18-36(28(19(3)4)27(23)34-16-22)17-20-7-11-24(12-8-20)30(31,32)33/h9-10,13-16,19-20,24,26,28H,5-8,11-12,17-18H2,1-4H3,(H,35,37)/t20-,24-,26-,28-/m0/s1. The first-order valence-corrected chi connectivity index (χ1v) is 15.9. The molecule has 10 heteroatoms. The van der Waals surface area contributed by atoms with E-state index in [9.17, 15) is 26.4 Å². The summed E-state index contributed by atoms with van der Waals surface area (Å²) in [5.41, 5.74) is 3.21. The molecular weight excluding hydrogens is 539 g/mol. The number of nitrogens with zero attached hydrogens (tertiary/aromatic N) is 2. The maximum Gasteiger partial charge on any atom is 0.391 e. The van der Waals surface area contributed by atoms with Gasteiger partial charge in [0.1, 0.15) is 0 Å². The molecule has 0 unspecified atom stereocenters. The first-order chi connectivity index (χ1) is 18.8. The van der Waals surface area contributed by atoms with Gasteiger partial charge in [0.15, 0.2) is 9.84 Å². The summed E-state index contributed by atoms with van der Waals surface area (Å²) in [7, 11) is -3.30. The Hall–Kier alpha value is -2.46. The highest BCUT2D eigenvalue weighted by Gasteiger charge is 2.42. The molecule has 1 saturated carbocycles. The molecule has 2 atom stereocenters. The van der Waals surface area contributed by atoms with E-state index in [0.717, 1.165) is 23.4 Å². The van der Waals surface area contributed by atoms with Gasteiger partial charge in [0, 0.05) is 19.3 Å². The molecule has 220 valence electrons. The van der Waals surface area contributed by atoms with Gasteiger partial charge in [-0.15, -0.1) is 0 Å². The second kappa shape index (κ2) is 12.2. The van der Waals surface area contributed by atoms with E-state index in [1.54, 1.807) is 37.4 Å². The zero-order valence-corrected chi connectivity index (χ0v) is 24.5. The fourth-order valence-corrected chi connectivity index (χ4v) is 7.07. The Balaban J connectivity index is 1.44. The number of amides is 1. The van der Waals surface area contributed by atoms with Gasteiger partial charge < -0.3 is 5.32 Å². The molecule has 1 aliphatic carbocycles. The first kappa shape index (κ1) is 30.5. The molecule has 4 rings (SSSR count). The van der Waals surface area contributed by atoms with Gasteiger partial charge in [0.05, 0.1) is 39.9 Å². The molecule has 1 fully saturated rings. The van der Waals surface area contributed by atoms with Crippen molar-refractivity contribution >= 4 is 15.7 Å². The minimum atomic E-state index is -4.11. The fourth-order valence-electron chi connectivity index (χ4n) is 6.18. The molecule has 2 heterocycles. The third-order valence-electron chi connectivity index (χ3n) is 8.48. The lowest BCUT2D eigenvalue weighted by Gasteiger charge is -2.35. The molecule has 0 spiro atoms. The van der Waals surface area contributed by atoms with Gasteiger partial charge in [0.25, 0.3) is 5.91 Å². The van der Waals surface area contributed by atoms with Gasteiger partial charge in [0.2, 0.25) is 0 Å². The number of pyridine rings is 1. The summed E-state index contributed by atoms with van der Waals surface area (Å²) in [5.74, 6) is -0.917. The minimum absolute atomic E-state index is 0.0277. The monoisotopic (exact) mass is 579 g/mol. The van der Waals surface area contributed by atoms with Crippen molar-refractivity contribution in [2.24, 2.45) is 17.8 Å². The second-order valence-electron chi connectivity index (χ2n) is 11.6. The molecule has 2 aromatic rings. The number of rotatable bonds is 9. The number of alkyl halides is 3. The molecule has 1 aliphatic heterocycles. The molecule has 0 saturated heterocycles. The zero-order chi connectivity index (χ0) is 29.2. The molecule has 1 aromatic heterocycles. The summed E-state index contributed by atoms with van der Waals surface area (Å²) >= 11 is 0. The van der Waals surface area contributed by atoms with E-state index in [0.29, 0.717) is 31.4 Å². The quantitative estimate of drug-likeness (QED) is 0.360. The highest BCUT2D eigenvalue weighted by atomic mass is 32.2. The molecule has 1 amide bonds. The van der Waals surface area contributed by atoms with Crippen LogP contribution in [0.4, 0.5) is 13.2 Å². The van der Waals surface area contributed by atoms with Crippen LogP contribution in [0.5, 0.6) is 0 Å². The molecule has 1 aromatic carbocycles. The van der Waals surface area contributed by atoms with Gasteiger partial charge in [-0.2, -0.15) is 13.2 Å². The normalized spacial score (nSPS) is 22.8. The highest BCUT2D eigenvalue weighted by Crippen LogP contribution is 2.43. The summed E-state index contributed by atoms with van der Waals surface area (Å²) < 4.78 is 63.6. The number of fused-ring (bicyclic) bond motifs is 1. The average Bonchev–Trinajstić information content (AvgIpc) is 3.28. The number of benzene rings is 1. The summed E-state index contributed by atoms with van der Waals surface area (Å²) in [5, 5.41) is 3.06. The van der Waals surface area contributed by atoms with Gasteiger partial charge in [-0.05, 0) is 73.3 Å². The van der Waals surface area contributed by atoms with Crippen LogP contribution in [0.25, 0.3) is 0 Å². The van der Waals surface area contributed by atoms with E-state index in [1.807, 2.05) is 13.0 Å². The van der Waals surface area contributed by atoms with Crippen molar-refractivity contribution in [3.63, 3.8) is 0 Å². The summed E-state index contributed by atoms with van der Waals surface area (Å²) in [6.07, 6.45) is -0.334. The van der Waals surface area contributed by atoms with Gasteiger partial charge >= 0.3 is 6.18 Å². The van der Waals surface area contributed by atoms with Crippen LogP contribution in [0.15, 0.2) is 41.4 Å². The van der Waals surface area contributed by atoms with Crippen LogP contribution in [0, 0.1) is 17.8 Å². The van der Waals surface area contributed by atoms with Crippen molar-refractivity contribution in [3.8, 4) is 0 Å². The maximum atomic E-state index is 13.2. The predicted octanol–water partition coefficient (Wildman–Crippen LogP) is 6.64. The number of nitrogens with one attached hydrogen (secondary N) is 1. The van der Waals surface area contributed by atoms with Crippen molar-refractivity contribution in [2.45, 2.75) is 89.5 Å². The Labute approximate surface area is 235 Å². The second-order valence-corrected chi connectivity index (χ2v) is 13.8. The van der Waals surface area contributed by atoms with E-state index >= 15 is 0 Å². The van der Waals surface area contributed by atoms with Crippen LogP contribution in [0.3, 0.4) is 0 Å². The third kappa shape index (κ3) is 6.70. The van der Waals surface area contributed by atoms with E-state index in [-0.39, 0.29) is 53.3 Å². The number of aromatic nitrogens is 1. The van der Waals surface area contributed by atoms with E-state index < -0.39 is 21.9 Å². The third-order valence-corrected chi connectivity index (χ3v) is 10.2. The van der Waals surface area contributed by atoms with Crippen molar-refractivity contribution in [1.29, 1.82) is 0 Å². The maximum absolute atomic E-state index is 13.2. The smallest absolute Gasteiger partial charge is 0.345 e. The largest absolute Gasteiger partial charge is 0.391 e. The number of hydrogen-bond acceptors (Lipinski definition) is 5. The van der Waals surface area contributed by atoms with Gasteiger partial charge in [-0.3, -0.25) is 14.7 Å². The van der Waals surface area contributed by atoms with Crippen molar-refractivity contribution in [3.05, 3.63) is 58.9 Å². The Morgan fingerprint density at radius 3 is 2.30 bits per heavy atom. The summed E-state index contributed by atoms with van der Waals surface area (Å²) in [4.78, 5) is 20.5. The number of carbonyl (C=O) groups is 1. The van der Waals surface area contributed by atoms with Gasteiger partial charge in [-0.1, -0.05) is 39.8 Å². The lowest BCUT2D eigenvalue weighted by Crippen LogP contribution is -2.35. The van der Waals surface area contributed by atoms with Gasteiger partial charge in [-0.25, -0.2) is 8.42 Å². The Morgan fingerprint density at radius 2 is 1.75 bits per heavy atom. The van der Waals surface area contributed by atoms with Crippen LogP contribution in [-0.4, -0.2) is 42.7 Å². The van der Waals surface area contributed by atoms with Crippen molar-refractivity contribution in [2.75, 3.05) is 12.3 Å². The predicted molar refractivity (Wildman–Crippen MR) is 148 cm³/mol. The van der Waals surface area contributed by atoms with Crippen LogP contribution < -0.4 is 5.32 Å². The topological polar surface area (TPSA) is 79.4 Å². The molecule has 40 heavy (non-hydrogen) atoms. The van der Waals surface area contributed by atoms with Crippen molar-refractivity contribution < 1.29 is 26.4 Å². The molecule has 1 N–H and O–H groups in total. The number of carbonyl (C=O) groups excluding carboxylic acids is 1. The SMILES string of the molecule is CC[C@H](NC(=O)c1cnc2c(c1)CN(C[C@H]1CC[C@H](C(F)(F)F)CC1)[C@H]2C(C)C)c1ccc(S(=O)(=O)CC)cc1. The number of sulfone groups is 1. The zero-order valence-electron chi connectivity index (χ0n) is 23.7. The Kier molecular flexibility index (Phi) is 9.29. The average molecular weight is 580 g/mol. The van der Waals surface area contributed by atoms with E-state index in [1.165, 1.54) is 0 Å². The Bertz CT molecular complexity index is 1290. The first-order valence-electron chi connectivity index (χ1n) is 14.3. The molecule has 0 radical (unpaired) electrons. The molecule has 2 aliphatic rings. The lowest BCUT2D eigenvalue weighted by molar-refractivity contribution is -0.184. The van der Waals surface area contributed by atoms with Crippen LogP contribution in [0.1, 0.15) is 99.1 Å². The van der Waals surface area contributed by atoms with Crippen molar-refractivity contribution in [1.82, 2.24) is 15.2 Å². The number of hydrogen-bond donors (Lipinski definition) is 1. The van der Waals surface area contributed by atoms with Crippen LogP contribution in [-0.2, 0) is 16.4 Å².